The van der Waals surface area contributed by atoms with Crippen molar-refractivity contribution in [2.45, 2.75) is 31.8 Å². The van der Waals surface area contributed by atoms with E-state index in [1.165, 1.54) is 23.8 Å². The number of rotatable bonds is 3. The normalized spacial score (nSPS) is 20.1. The van der Waals surface area contributed by atoms with Crippen LogP contribution in [0.25, 0.3) is 10.9 Å². The summed E-state index contributed by atoms with van der Waals surface area (Å²) < 4.78 is 0. The minimum absolute atomic E-state index is 0.241. The molecule has 2 heterocycles. The van der Waals surface area contributed by atoms with Gasteiger partial charge in [-0.15, -0.1) is 0 Å². The van der Waals surface area contributed by atoms with Crippen molar-refractivity contribution in [1.82, 2.24) is 9.88 Å². The maximum atomic E-state index is 5.90. The molecule has 0 radical (unpaired) electrons. The third-order valence-corrected chi connectivity index (χ3v) is 4.33. The van der Waals surface area contributed by atoms with Gasteiger partial charge in [-0.2, -0.15) is 0 Å². The molecule has 1 aliphatic rings. The van der Waals surface area contributed by atoms with Crippen molar-refractivity contribution in [3.8, 4) is 0 Å². The van der Waals surface area contributed by atoms with Gasteiger partial charge in [0.05, 0.1) is 16.5 Å². The highest BCUT2D eigenvalue weighted by atomic mass is 32.1. The first-order valence-electron chi connectivity index (χ1n) is 7.12. The predicted octanol–water partition coefficient (Wildman–Crippen LogP) is 2.88. The van der Waals surface area contributed by atoms with Gasteiger partial charge in [0.15, 0.2) is 0 Å². The van der Waals surface area contributed by atoms with E-state index in [0.717, 1.165) is 25.0 Å². The third kappa shape index (κ3) is 2.67. The van der Waals surface area contributed by atoms with Gasteiger partial charge in [0.1, 0.15) is 0 Å². The maximum absolute atomic E-state index is 5.90. The maximum Gasteiger partial charge on any atom is 0.0902 e. The molecule has 0 aliphatic carbocycles. The summed E-state index contributed by atoms with van der Waals surface area (Å²) in [6.07, 6.45) is 5.41. The number of nitrogens with zero attached hydrogens (tertiary/aromatic N) is 2. The molecular weight excluding hydrogens is 266 g/mol. The van der Waals surface area contributed by atoms with Gasteiger partial charge >= 0.3 is 0 Å². The van der Waals surface area contributed by atoms with Crippen LogP contribution in [-0.4, -0.2) is 27.5 Å². The van der Waals surface area contributed by atoms with E-state index in [1.54, 1.807) is 0 Å². The summed E-state index contributed by atoms with van der Waals surface area (Å²) in [5, 5.41) is 1.22. The average molecular weight is 285 g/mol. The van der Waals surface area contributed by atoms with E-state index in [1.807, 2.05) is 12.3 Å². The van der Waals surface area contributed by atoms with Crippen molar-refractivity contribution in [2.24, 2.45) is 5.73 Å². The van der Waals surface area contributed by atoms with Crippen LogP contribution in [-0.2, 0) is 6.54 Å². The number of likely N-dealkylation sites (tertiary alicyclic amines) is 1. The summed E-state index contributed by atoms with van der Waals surface area (Å²) >= 11 is 5.23. The van der Waals surface area contributed by atoms with Gasteiger partial charge in [-0.05, 0) is 37.1 Å². The van der Waals surface area contributed by atoms with Crippen molar-refractivity contribution in [3.63, 3.8) is 0 Å². The molecule has 1 unspecified atom stereocenters. The largest absolute Gasteiger partial charge is 0.392 e. The van der Waals surface area contributed by atoms with Crippen LogP contribution < -0.4 is 5.73 Å². The number of benzene rings is 1. The lowest BCUT2D eigenvalue weighted by Crippen LogP contribution is -2.46. The molecule has 104 valence electrons. The van der Waals surface area contributed by atoms with Gasteiger partial charge in [-0.3, -0.25) is 9.88 Å². The van der Waals surface area contributed by atoms with Crippen molar-refractivity contribution < 1.29 is 0 Å². The molecule has 20 heavy (non-hydrogen) atoms. The van der Waals surface area contributed by atoms with Gasteiger partial charge in [0.2, 0.25) is 0 Å². The Morgan fingerprint density at radius 3 is 3.00 bits per heavy atom. The lowest BCUT2D eigenvalue weighted by Gasteiger charge is -2.35. The molecule has 0 saturated carbocycles. The fourth-order valence-corrected chi connectivity index (χ4v) is 3.28. The predicted molar refractivity (Wildman–Crippen MR) is 86.6 cm³/mol. The highest BCUT2D eigenvalue weighted by Crippen LogP contribution is 2.23. The van der Waals surface area contributed by atoms with E-state index in [2.05, 4.69) is 34.1 Å². The first kappa shape index (κ1) is 13.5. The van der Waals surface area contributed by atoms with Gasteiger partial charge in [0.25, 0.3) is 0 Å². The number of thiocarbonyl (C=S) groups is 1. The zero-order valence-corrected chi connectivity index (χ0v) is 12.3. The zero-order valence-electron chi connectivity index (χ0n) is 11.5. The van der Waals surface area contributed by atoms with Crippen LogP contribution in [0.3, 0.4) is 0 Å². The van der Waals surface area contributed by atoms with Crippen LogP contribution in [0.1, 0.15) is 24.8 Å². The number of hydrogen-bond acceptors (Lipinski definition) is 3. The number of piperidine rings is 1. The Morgan fingerprint density at radius 1 is 1.30 bits per heavy atom. The number of pyridine rings is 1. The molecule has 1 fully saturated rings. The van der Waals surface area contributed by atoms with E-state index < -0.39 is 0 Å². The summed E-state index contributed by atoms with van der Waals surface area (Å²) in [5.74, 6) is 0. The first-order chi connectivity index (χ1) is 9.75. The molecule has 3 rings (SSSR count). The number of aromatic nitrogens is 1. The van der Waals surface area contributed by atoms with Gasteiger partial charge in [-0.25, -0.2) is 0 Å². The van der Waals surface area contributed by atoms with Crippen LogP contribution in [0, 0.1) is 0 Å². The number of fused-ring (bicyclic) bond motifs is 1. The smallest absolute Gasteiger partial charge is 0.0902 e. The van der Waals surface area contributed by atoms with Crippen LogP contribution in [0.15, 0.2) is 36.5 Å². The van der Waals surface area contributed by atoms with Gasteiger partial charge in [-0.1, -0.05) is 36.8 Å². The van der Waals surface area contributed by atoms with Crippen molar-refractivity contribution in [2.75, 3.05) is 6.54 Å². The summed E-state index contributed by atoms with van der Waals surface area (Å²) in [6.45, 7) is 1.96. The molecule has 1 aromatic heterocycles. The molecule has 1 atom stereocenters. The highest BCUT2D eigenvalue weighted by molar-refractivity contribution is 7.80. The molecule has 0 amide bonds. The van der Waals surface area contributed by atoms with E-state index >= 15 is 0 Å². The SMILES string of the molecule is NC(=S)C1CCCCN1Cc1ccnc2ccccc12. The number of para-hydroxylation sites is 1. The van der Waals surface area contributed by atoms with Crippen molar-refractivity contribution >= 4 is 28.1 Å². The van der Waals surface area contributed by atoms with E-state index in [-0.39, 0.29) is 6.04 Å². The highest BCUT2D eigenvalue weighted by Gasteiger charge is 2.24. The van der Waals surface area contributed by atoms with E-state index in [4.69, 9.17) is 18.0 Å². The Labute approximate surface area is 124 Å². The average Bonchev–Trinajstić information content (AvgIpc) is 2.48. The Hall–Kier alpha value is -1.52. The van der Waals surface area contributed by atoms with Crippen LogP contribution in [0.2, 0.25) is 0 Å². The van der Waals surface area contributed by atoms with E-state index in [0.29, 0.717) is 4.99 Å². The first-order valence-corrected chi connectivity index (χ1v) is 7.52. The Balaban J connectivity index is 1.90. The second kappa shape index (κ2) is 5.85. The second-order valence-corrected chi connectivity index (χ2v) is 5.84. The lowest BCUT2D eigenvalue weighted by atomic mass is 10.0. The van der Waals surface area contributed by atoms with Crippen molar-refractivity contribution in [3.05, 3.63) is 42.1 Å². The fraction of sp³-hybridized carbons (Fsp3) is 0.375. The molecule has 2 aromatic rings. The summed E-state index contributed by atoms with van der Waals surface area (Å²) in [6, 6.07) is 10.6. The van der Waals surface area contributed by atoms with Crippen LogP contribution >= 0.6 is 12.2 Å². The van der Waals surface area contributed by atoms with Crippen LogP contribution in [0.5, 0.6) is 0 Å². The monoisotopic (exact) mass is 285 g/mol. The van der Waals surface area contributed by atoms with Gasteiger partial charge < -0.3 is 5.73 Å². The fourth-order valence-electron chi connectivity index (χ4n) is 3.01. The standard InChI is InChI=1S/C16H19N3S/c17-16(20)15-7-3-4-10-19(15)11-12-8-9-18-14-6-2-1-5-13(12)14/h1-2,5-6,8-9,15H,3-4,7,10-11H2,(H2,17,20). The zero-order chi connectivity index (χ0) is 13.9. The molecule has 1 aliphatic heterocycles. The van der Waals surface area contributed by atoms with E-state index in [9.17, 15) is 0 Å². The van der Waals surface area contributed by atoms with Crippen LogP contribution in [0.4, 0.5) is 0 Å². The quantitative estimate of drug-likeness (QED) is 0.881. The van der Waals surface area contributed by atoms with Crippen molar-refractivity contribution in [1.29, 1.82) is 0 Å². The summed E-state index contributed by atoms with van der Waals surface area (Å²) in [7, 11) is 0. The number of hydrogen-bond donors (Lipinski definition) is 1. The topological polar surface area (TPSA) is 42.1 Å². The number of nitrogens with two attached hydrogens (primary N) is 1. The molecule has 4 heteroatoms. The molecule has 1 saturated heterocycles. The summed E-state index contributed by atoms with van der Waals surface area (Å²) in [4.78, 5) is 7.46. The Kier molecular flexibility index (Phi) is 3.94. The molecule has 0 spiro atoms. The minimum atomic E-state index is 0.241. The molecule has 3 nitrogen and oxygen atoms in total. The van der Waals surface area contributed by atoms with Gasteiger partial charge in [0, 0.05) is 18.1 Å². The molecule has 0 bridgehead atoms. The molecular formula is C16H19N3S. The minimum Gasteiger partial charge on any atom is -0.392 e. The Bertz CT molecular complexity index is 621. The Morgan fingerprint density at radius 2 is 2.15 bits per heavy atom. The molecule has 1 aromatic carbocycles. The summed E-state index contributed by atoms with van der Waals surface area (Å²) in [5.41, 5.74) is 8.26. The molecule has 2 N–H and O–H groups in total. The third-order valence-electron chi connectivity index (χ3n) is 4.05. The lowest BCUT2D eigenvalue weighted by molar-refractivity contribution is 0.185. The second-order valence-electron chi connectivity index (χ2n) is 5.37.